The summed E-state index contributed by atoms with van der Waals surface area (Å²) in [5.74, 6) is 0. The Hall–Kier alpha value is -6.12. The third-order valence-electron chi connectivity index (χ3n) is 9.06. The van der Waals surface area contributed by atoms with E-state index in [9.17, 15) is 0 Å². The van der Waals surface area contributed by atoms with Gasteiger partial charge in [-0.15, -0.1) is 0 Å². The number of fused-ring (bicyclic) bond motifs is 5. The van der Waals surface area contributed by atoms with Crippen LogP contribution >= 0.6 is 0 Å². The normalized spacial score (nSPS) is 11.5. The second-order valence-electron chi connectivity index (χ2n) is 11.7. The average Bonchev–Trinajstić information content (AvgIpc) is 3.51. The van der Waals surface area contributed by atoms with E-state index in [1.807, 2.05) is 12.1 Å². The lowest BCUT2D eigenvalue weighted by molar-refractivity contribution is 0.670. The van der Waals surface area contributed by atoms with Crippen molar-refractivity contribution in [3.05, 3.63) is 176 Å². The summed E-state index contributed by atoms with van der Waals surface area (Å²) in [4.78, 5) is 2.39. The van der Waals surface area contributed by atoms with Gasteiger partial charge in [0.25, 0.3) is 0 Å². The van der Waals surface area contributed by atoms with Gasteiger partial charge in [-0.2, -0.15) is 0 Å². The van der Waals surface area contributed by atoms with Crippen LogP contribution in [0.15, 0.2) is 180 Å². The van der Waals surface area contributed by atoms with Gasteiger partial charge in [0.05, 0.1) is 11.4 Å². The molecule has 0 spiro atoms. The van der Waals surface area contributed by atoms with E-state index in [0.717, 1.165) is 50.1 Å². The molecule has 0 fully saturated rings. The van der Waals surface area contributed by atoms with Crippen LogP contribution in [0.2, 0.25) is 0 Å². The molecule has 0 saturated heterocycles. The Balaban J connectivity index is 1.25. The largest absolute Gasteiger partial charge is 0.455 e. The molecule has 2 heteroatoms. The van der Waals surface area contributed by atoms with Crippen molar-refractivity contribution in [1.29, 1.82) is 0 Å². The fraction of sp³-hybridized carbons (Fsp3) is 0. The molecule has 46 heavy (non-hydrogen) atoms. The zero-order valence-electron chi connectivity index (χ0n) is 25.1. The highest BCUT2D eigenvalue weighted by Crippen LogP contribution is 2.46. The van der Waals surface area contributed by atoms with Crippen molar-refractivity contribution in [3.63, 3.8) is 0 Å². The zero-order valence-corrected chi connectivity index (χ0v) is 25.1. The fourth-order valence-corrected chi connectivity index (χ4v) is 6.84. The zero-order chi connectivity index (χ0) is 30.5. The van der Waals surface area contributed by atoms with E-state index < -0.39 is 0 Å². The predicted octanol–water partition coefficient (Wildman–Crippen LogP) is 12.7. The molecule has 216 valence electrons. The fourth-order valence-electron chi connectivity index (χ4n) is 6.84. The summed E-state index contributed by atoms with van der Waals surface area (Å²) in [5, 5.41) is 7.15. The van der Waals surface area contributed by atoms with E-state index in [1.165, 1.54) is 32.7 Å². The first-order valence-electron chi connectivity index (χ1n) is 15.7. The van der Waals surface area contributed by atoms with Crippen molar-refractivity contribution < 1.29 is 4.42 Å². The van der Waals surface area contributed by atoms with Crippen LogP contribution in [0.25, 0.3) is 65.7 Å². The Bertz CT molecular complexity index is 2530. The highest BCUT2D eigenvalue weighted by Gasteiger charge is 2.21. The van der Waals surface area contributed by atoms with Crippen molar-refractivity contribution in [2.24, 2.45) is 0 Å². The molecule has 9 aromatic rings. The van der Waals surface area contributed by atoms with Crippen LogP contribution in [-0.2, 0) is 0 Å². The van der Waals surface area contributed by atoms with Gasteiger partial charge < -0.3 is 9.32 Å². The summed E-state index contributed by atoms with van der Waals surface area (Å²) >= 11 is 0. The lowest BCUT2D eigenvalue weighted by Gasteiger charge is -2.29. The summed E-state index contributed by atoms with van der Waals surface area (Å²) in [6.07, 6.45) is 0. The molecule has 0 bridgehead atoms. The molecular formula is C44H29NO. The Labute approximate surface area is 267 Å². The minimum atomic E-state index is 0.901. The topological polar surface area (TPSA) is 16.4 Å². The standard InChI is InChI=1S/C44H29NO/c1-2-13-33-29-34(24-23-30(33)11-1)31-25-27-35(28-26-31)45(41-21-9-14-32-12-3-4-15-36(32)41)42-20-7-5-16-37(42)39-18-10-19-40-38-17-6-8-22-43(38)46-44(39)40/h1-29H. The monoisotopic (exact) mass is 587 g/mol. The van der Waals surface area contributed by atoms with E-state index in [2.05, 4.69) is 169 Å². The average molecular weight is 588 g/mol. The molecule has 0 aliphatic heterocycles. The van der Waals surface area contributed by atoms with Crippen LogP contribution in [-0.4, -0.2) is 0 Å². The first-order valence-corrected chi connectivity index (χ1v) is 15.7. The molecule has 0 N–H and O–H groups in total. The van der Waals surface area contributed by atoms with Crippen molar-refractivity contribution in [3.8, 4) is 22.3 Å². The SMILES string of the molecule is c1ccc(N(c2ccc(-c3ccc4ccccc4c3)cc2)c2cccc3ccccc23)c(-c2cccc3c2oc2ccccc23)c1. The highest BCUT2D eigenvalue weighted by molar-refractivity contribution is 6.11. The van der Waals surface area contributed by atoms with Gasteiger partial charge >= 0.3 is 0 Å². The van der Waals surface area contributed by atoms with E-state index in [4.69, 9.17) is 4.42 Å². The number of para-hydroxylation sites is 3. The van der Waals surface area contributed by atoms with Crippen molar-refractivity contribution in [1.82, 2.24) is 0 Å². The molecule has 2 nitrogen and oxygen atoms in total. The number of hydrogen-bond donors (Lipinski definition) is 0. The number of rotatable bonds is 5. The number of anilines is 3. The van der Waals surface area contributed by atoms with Crippen LogP contribution < -0.4 is 4.90 Å². The van der Waals surface area contributed by atoms with Gasteiger partial charge in [-0.1, -0.05) is 140 Å². The Kier molecular flexibility index (Phi) is 6.17. The van der Waals surface area contributed by atoms with Gasteiger partial charge in [-0.25, -0.2) is 0 Å². The minimum absolute atomic E-state index is 0.901. The van der Waals surface area contributed by atoms with Crippen LogP contribution in [0.4, 0.5) is 17.1 Å². The molecule has 0 atom stereocenters. The van der Waals surface area contributed by atoms with Crippen LogP contribution in [0.1, 0.15) is 0 Å². The predicted molar refractivity (Wildman–Crippen MR) is 194 cm³/mol. The van der Waals surface area contributed by atoms with Gasteiger partial charge in [0, 0.05) is 33.0 Å². The highest BCUT2D eigenvalue weighted by atomic mass is 16.3. The molecular weight excluding hydrogens is 558 g/mol. The van der Waals surface area contributed by atoms with E-state index >= 15 is 0 Å². The van der Waals surface area contributed by atoms with Crippen LogP contribution in [0.3, 0.4) is 0 Å². The van der Waals surface area contributed by atoms with Crippen molar-refractivity contribution in [2.45, 2.75) is 0 Å². The molecule has 0 unspecified atom stereocenters. The van der Waals surface area contributed by atoms with Gasteiger partial charge in [-0.3, -0.25) is 0 Å². The maximum absolute atomic E-state index is 6.53. The van der Waals surface area contributed by atoms with Gasteiger partial charge in [0.2, 0.25) is 0 Å². The van der Waals surface area contributed by atoms with Gasteiger partial charge in [0.1, 0.15) is 11.2 Å². The van der Waals surface area contributed by atoms with Crippen LogP contribution in [0.5, 0.6) is 0 Å². The molecule has 0 aliphatic rings. The smallest absolute Gasteiger partial charge is 0.143 e. The minimum Gasteiger partial charge on any atom is -0.455 e. The summed E-state index contributed by atoms with van der Waals surface area (Å²) in [5.41, 5.74) is 9.68. The van der Waals surface area contributed by atoms with Crippen molar-refractivity contribution >= 4 is 60.5 Å². The van der Waals surface area contributed by atoms with E-state index in [0.29, 0.717) is 0 Å². The molecule has 9 rings (SSSR count). The molecule has 0 aliphatic carbocycles. The number of furan rings is 1. The third kappa shape index (κ3) is 4.35. The first-order chi connectivity index (χ1) is 22.8. The lowest BCUT2D eigenvalue weighted by atomic mass is 9.98. The number of nitrogens with zero attached hydrogens (tertiary/aromatic N) is 1. The summed E-state index contributed by atoms with van der Waals surface area (Å²) in [6.45, 7) is 0. The molecule has 0 amide bonds. The van der Waals surface area contributed by atoms with Crippen molar-refractivity contribution in [2.75, 3.05) is 4.90 Å². The third-order valence-corrected chi connectivity index (χ3v) is 9.06. The van der Waals surface area contributed by atoms with Gasteiger partial charge in [-0.05, 0) is 63.7 Å². The van der Waals surface area contributed by atoms with Crippen LogP contribution in [0, 0.1) is 0 Å². The molecule has 0 radical (unpaired) electrons. The van der Waals surface area contributed by atoms with E-state index in [-0.39, 0.29) is 0 Å². The molecule has 1 heterocycles. The molecule has 0 saturated carbocycles. The quantitative estimate of drug-likeness (QED) is 0.199. The van der Waals surface area contributed by atoms with Gasteiger partial charge in [0.15, 0.2) is 0 Å². The van der Waals surface area contributed by atoms with E-state index in [1.54, 1.807) is 0 Å². The summed E-state index contributed by atoms with van der Waals surface area (Å²) < 4.78 is 6.53. The molecule has 8 aromatic carbocycles. The summed E-state index contributed by atoms with van der Waals surface area (Å²) in [7, 11) is 0. The first kappa shape index (κ1) is 26.3. The number of benzene rings is 8. The number of hydrogen-bond acceptors (Lipinski definition) is 2. The molecule has 1 aromatic heterocycles. The Morgan fingerprint density at radius 3 is 1.87 bits per heavy atom. The Morgan fingerprint density at radius 1 is 0.370 bits per heavy atom. The second kappa shape index (κ2) is 10.8. The maximum atomic E-state index is 6.53. The second-order valence-corrected chi connectivity index (χ2v) is 11.7. The maximum Gasteiger partial charge on any atom is 0.143 e. The summed E-state index contributed by atoms with van der Waals surface area (Å²) in [6, 6.07) is 62.7. The lowest BCUT2D eigenvalue weighted by Crippen LogP contribution is -2.11. The Morgan fingerprint density at radius 2 is 0.978 bits per heavy atom.